The van der Waals surface area contributed by atoms with Crippen molar-refractivity contribution in [1.29, 1.82) is 0 Å². The van der Waals surface area contributed by atoms with Crippen LogP contribution in [0.3, 0.4) is 0 Å². The van der Waals surface area contributed by atoms with E-state index in [4.69, 9.17) is 0 Å². The van der Waals surface area contributed by atoms with Crippen molar-refractivity contribution in [2.24, 2.45) is 0 Å². The van der Waals surface area contributed by atoms with E-state index in [1.807, 2.05) is 35.0 Å². The maximum Gasteiger partial charge on any atom is 0.243 e. The number of amides is 1. The summed E-state index contributed by atoms with van der Waals surface area (Å²) in [6.07, 6.45) is 6.77. The molecule has 1 aliphatic heterocycles. The first kappa shape index (κ1) is 20.3. The monoisotopic (exact) mass is 437 g/mol. The van der Waals surface area contributed by atoms with E-state index in [0.717, 1.165) is 43.0 Å². The summed E-state index contributed by atoms with van der Waals surface area (Å²) in [4.78, 5) is 13.1. The summed E-state index contributed by atoms with van der Waals surface area (Å²) in [5.41, 5.74) is 3.40. The average molecular weight is 438 g/mol. The standard InChI is InChI=1S/C24H27N3O3S/c28-24(25-22-9-5-7-18-6-1-2-8-21(18)22)17-26-15-12-19-16-20(10-11-23(19)26)31(29,30)27-13-3-4-14-27/h1-2,6,8,10-12,15-16,22H,3-5,7,9,13-14,17H2,(H,25,28)/t22-/m1/s1. The molecule has 162 valence electrons. The van der Waals surface area contributed by atoms with E-state index in [1.165, 1.54) is 11.1 Å². The Labute approximate surface area is 182 Å². The SMILES string of the molecule is O=C(Cn1ccc2cc(S(=O)(=O)N3CCCC3)ccc21)N[C@@H]1CCCc2ccccc21. The van der Waals surface area contributed by atoms with Gasteiger partial charge in [0, 0.05) is 30.2 Å². The Balaban J connectivity index is 1.33. The van der Waals surface area contributed by atoms with Crippen LogP contribution in [0.25, 0.3) is 10.9 Å². The molecule has 1 atom stereocenters. The Bertz CT molecular complexity index is 1230. The van der Waals surface area contributed by atoms with Crippen molar-refractivity contribution < 1.29 is 13.2 Å². The number of rotatable bonds is 5. The third kappa shape index (κ3) is 3.88. The molecule has 2 aromatic carbocycles. The number of aromatic nitrogens is 1. The highest BCUT2D eigenvalue weighted by Gasteiger charge is 2.27. The number of sulfonamides is 1. The van der Waals surface area contributed by atoms with E-state index < -0.39 is 10.0 Å². The average Bonchev–Trinajstić information content (AvgIpc) is 3.45. The van der Waals surface area contributed by atoms with Crippen LogP contribution in [0.2, 0.25) is 0 Å². The first-order valence-electron chi connectivity index (χ1n) is 11.0. The number of nitrogens with one attached hydrogen (secondary N) is 1. The molecule has 1 aliphatic carbocycles. The van der Waals surface area contributed by atoms with Crippen molar-refractivity contribution in [3.05, 3.63) is 65.9 Å². The maximum absolute atomic E-state index is 12.8. The Morgan fingerprint density at radius 3 is 2.68 bits per heavy atom. The lowest BCUT2D eigenvalue weighted by Gasteiger charge is -2.26. The van der Waals surface area contributed by atoms with Crippen LogP contribution in [0.1, 0.15) is 42.9 Å². The minimum atomic E-state index is -3.45. The molecule has 2 heterocycles. The van der Waals surface area contributed by atoms with Crippen molar-refractivity contribution in [3.8, 4) is 0 Å². The third-order valence-corrected chi connectivity index (χ3v) is 8.36. The lowest BCUT2D eigenvalue weighted by Crippen LogP contribution is -2.33. The largest absolute Gasteiger partial charge is 0.348 e. The molecule has 1 N–H and O–H groups in total. The number of nitrogens with zero attached hydrogens (tertiary/aromatic N) is 2. The van der Waals surface area contributed by atoms with Gasteiger partial charge in [0.25, 0.3) is 0 Å². The summed E-state index contributed by atoms with van der Waals surface area (Å²) >= 11 is 0. The number of benzene rings is 2. The molecular formula is C24H27N3O3S. The Hall–Kier alpha value is -2.64. The number of fused-ring (bicyclic) bond motifs is 2. The Morgan fingerprint density at radius 2 is 1.84 bits per heavy atom. The zero-order valence-electron chi connectivity index (χ0n) is 17.5. The number of carbonyl (C=O) groups is 1. The van der Waals surface area contributed by atoms with Gasteiger partial charge in [-0.1, -0.05) is 24.3 Å². The van der Waals surface area contributed by atoms with Crippen LogP contribution in [0.15, 0.2) is 59.6 Å². The molecule has 2 aliphatic rings. The molecule has 1 fully saturated rings. The zero-order valence-corrected chi connectivity index (χ0v) is 18.3. The summed E-state index contributed by atoms with van der Waals surface area (Å²) in [6, 6.07) is 15.4. The van der Waals surface area contributed by atoms with Gasteiger partial charge in [-0.25, -0.2) is 8.42 Å². The summed E-state index contributed by atoms with van der Waals surface area (Å²) in [6.45, 7) is 1.39. The molecular weight excluding hydrogens is 410 g/mol. The second kappa shape index (κ2) is 8.13. The van der Waals surface area contributed by atoms with Gasteiger partial charge in [-0.15, -0.1) is 0 Å². The topological polar surface area (TPSA) is 71.4 Å². The van der Waals surface area contributed by atoms with Gasteiger partial charge < -0.3 is 9.88 Å². The van der Waals surface area contributed by atoms with Gasteiger partial charge in [-0.3, -0.25) is 4.79 Å². The summed E-state index contributed by atoms with van der Waals surface area (Å²) in [5.74, 6) is -0.0343. The van der Waals surface area contributed by atoms with Crippen molar-refractivity contribution >= 4 is 26.8 Å². The molecule has 6 nitrogen and oxygen atoms in total. The van der Waals surface area contributed by atoms with Gasteiger partial charge in [-0.2, -0.15) is 4.31 Å². The fourth-order valence-corrected chi connectivity index (χ4v) is 6.41. The molecule has 1 aromatic heterocycles. The van der Waals surface area contributed by atoms with E-state index in [1.54, 1.807) is 16.4 Å². The third-order valence-electron chi connectivity index (χ3n) is 6.46. The van der Waals surface area contributed by atoms with Gasteiger partial charge in [0.15, 0.2) is 0 Å². The van der Waals surface area contributed by atoms with E-state index >= 15 is 0 Å². The molecule has 3 aromatic rings. The predicted molar refractivity (Wildman–Crippen MR) is 120 cm³/mol. The number of aryl methyl sites for hydroxylation is 1. The lowest BCUT2D eigenvalue weighted by molar-refractivity contribution is -0.122. The van der Waals surface area contributed by atoms with E-state index in [9.17, 15) is 13.2 Å². The molecule has 5 rings (SSSR count). The molecule has 0 unspecified atom stereocenters. The smallest absolute Gasteiger partial charge is 0.243 e. The van der Waals surface area contributed by atoms with Gasteiger partial charge >= 0.3 is 0 Å². The number of hydrogen-bond donors (Lipinski definition) is 1. The van der Waals surface area contributed by atoms with Crippen molar-refractivity contribution in [2.75, 3.05) is 13.1 Å². The number of carbonyl (C=O) groups excluding carboxylic acids is 1. The van der Waals surface area contributed by atoms with Gasteiger partial charge in [0.05, 0.1) is 10.9 Å². The van der Waals surface area contributed by atoms with E-state index in [2.05, 4.69) is 17.4 Å². The molecule has 31 heavy (non-hydrogen) atoms. The normalized spacial score (nSPS) is 19.4. The minimum Gasteiger partial charge on any atom is -0.348 e. The zero-order chi connectivity index (χ0) is 21.4. The van der Waals surface area contributed by atoms with Crippen LogP contribution < -0.4 is 5.32 Å². The molecule has 1 amide bonds. The first-order valence-corrected chi connectivity index (χ1v) is 12.4. The fourth-order valence-electron chi connectivity index (χ4n) is 4.85. The minimum absolute atomic E-state index is 0.0343. The quantitative estimate of drug-likeness (QED) is 0.663. The summed E-state index contributed by atoms with van der Waals surface area (Å²) in [7, 11) is -3.45. The summed E-state index contributed by atoms with van der Waals surface area (Å²) in [5, 5.41) is 4.02. The van der Waals surface area contributed by atoms with Crippen LogP contribution in [0.4, 0.5) is 0 Å². The lowest BCUT2D eigenvalue weighted by atomic mass is 9.88. The highest BCUT2D eigenvalue weighted by Crippen LogP contribution is 2.30. The van der Waals surface area contributed by atoms with Crippen molar-refractivity contribution in [1.82, 2.24) is 14.2 Å². The molecule has 0 spiro atoms. The molecule has 0 bridgehead atoms. The van der Waals surface area contributed by atoms with Crippen LogP contribution in [0, 0.1) is 0 Å². The highest BCUT2D eigenvalue weighted by atomic mass is 32.2. The fraction of sp³-hybridized carbons (Fsp3) is 0.375. The number of hydrogen-bond acceptors (Lipinski definition) is 3. The molecule has 0 radical (unpaired) electrons. The van der Waals surface area contributed by atoms with Crippen LogP contribution >= 0.6 is 0 Å². The maximum atomic E-state index is 12.8. The molecule has 0 saturated carbocycles. The second-order valence-electron chi connectivity index (χ2n) is 8.49. The second-order valence-corrected chi connectivity index (χ2v) is 10.4. The Morgan fingerprint density at radius 1 is 1.03 bits per heavy atom. The predicted octanol–water partition coefficient (Wildman–Crippen LogP) is 3.62. The summed E-state index contributed by atoms with van der Waals surface area (Å²) < 4.78 is 29.1. The highest BCUT2D eigenvalue weighted by molar-refractivity contribution is 7.89. The van der Waals surface area contributed by atoms with Crippen LogP contribution in [-0.2, 0) is 27.8 Å². The molecule has 7 heteroatoms. The van der Waals surface area contributed by atoms with Crippen molar-refractivity contribution in [3.63, 3.8) is 0 Å². The van der Waals surface area contributed by atoms with Crippen LogP contribution in [0.5, 0.6) is 0 Å². The van der Waals surface area contributed by atoms with Crippen LogP contribution in [-0.4, -0.2) is 36.3 Å². The van der Waals surface area contributed by atoms with Gasteiger partial charge in [-0.05, 0) is 67.5 Å². The van der Waals surface area contributed by atoms with Gasteiger partial charge in [0.2, 0.25) is 15.9 Å². The van der Waals surface area contributed by atoms with E-state index in [0.29, 0.717) is 18.0 Å². The Kier molecular flexibility index (Phi) is 5.32. The van der Waals surface area contributed by atoms with Crippen molar-refractivity contribution in [2.45, 2.75) is 49.6 Å². The molecule has 1 saturated heterocycles. The van der Waals surface area contributed by atoms with Gasteiger partial charge in [0.1, 0.15) is 6.54 Å². The first-order chi connectivity index (χ1) is 15.0. The van der Waals surface area contributed by atoms with E-state index in [-0.39, 0.29) is 18.5 Å².